The Balaban J connectivity index is 1.72. The Bertz CT molecular complexity index is 744. The number of nitrogens with zero attached hydrogens (tertiary/aromatic N) is 4. The fourth-order valence-corrected chi connectivity index (χ4v) is 2.67. The molecule has 3 rings (SSSR count). The number of carbonyl (C=O) groups is 1. The van der Waals surface area contributed by atoms with Crippen LogP contribution in [0.1, 0.15) is 23.2 Å². The minimum atomic E-state index is -0.283. The number of ether oxygens (including phenoxy) is 1. The molecule has 0 radical (unpaired) electrons. The number of pyridine rings is 1. The second-order valence-electron chi connectivity index (χ2n) is 5.53. The summed E-state index contributed by atoms with van der Waals surface area (Å²) in [4.78, 5) is 26.4. The lowest BCUT2D eigenvalue weighted by Crippen LogP contribution is -2.46. The number of hydrogen-bond acceptors (Lipinski definition) is 5. The molecule has 0 N–H and O–H groups in total. The Labute approximate surface area is 133 Å². The molecular formula is C16H18N4O3. The zero-order valence-corrected chi connectivity index (χ0v) is 12.9. The first-order valence-corrected chi connectivity index (χ1v) is 7.54. The molecule has 0 spiro atoms. The summed E-state index contributed by atoms with van der Waals surface area (Å²) < 4.78 is 7.18. The molecule has 1 aliphatic rings. The van der Waals surface area contributed by atoms with Gasteiger partial charge in [0.1, 0.15) is 11.7 Å². The van der Waals surface area contributed by atoms with Gasteiger partial charge in [-0.05, 0) is 31.0 Å². The van der Waals surface area contributed by atoms with Crippen LogP contribution in [0.15, 0.2) is 41.5 Å². The molecule has 0 aromatic carbocycles. The Morgan fingerprint density at radius 3 is 3.00 bits per heavy atom. The maximum absolute atomic E-state index is 12.6. The zero-order valence-electron chi connectivity index (χ0n) is 12.9. The molecule has 1 saturated heterocycles. The first-order valence-electron chi connectivity index (χ1n) is 7.54. The molecule has 0 aliphatic carbocycles. The van der Waals surface area contributed by atoms with Crippen molar-refractivity contribution in [3.63, 3.8) is 0 Å². The SMILES string of the molecule is Cn1cccc(C(=O)N2CCCC(Oc3cccnn3)C2)c1=O. The highest BCUT2D eigenvalue weighted by molar-refractivity contribution is 5.93. The van der Waals surface area contributed by atoms with Crippen molar-refractivity contribution < 1.29 is 9.53 Å². The smallest absolute Gasteiger partial charge is 0.263 e. The molecule has 23 heavy (non-hydrogen) atoms. The molecule has 1 amide bonds. The number of piperidine rings is 1. The van der Waals surface area contributed by atoms with Crippen molar-refractivity contribution in [2.75, 3.05) is 13.1 Å². The van der Waals surface area contributed by atoms with E-state index in [1.807, 2.05) is 0 Å². The minimum Gasteiger partial charge on any atom is -0.471 e. The van der Waals surface area contributed by atoms with E-state index < -0.39 is 0 Å². The van der Waals surface area contributed by atoms with Crippen molar-refractivity contribution in [1.29, 1.82) is 0 Å². The fourth-order valence-electron chi connectivity index (χ4n) is 2.67. The molecule has 7 nitrogen and oxygen atoms in total. The highest BCUT2D eigenvalue weighted by Gasteiger charge is 2.27. The van der Waals surface area contributed by atoms with Crippen molar-refractivity contribution in [3.05, 3.63) is 52.6 Å². The van der Waals surface area contributed by atoms with Gasteiger partial charge >= 0.3 is 0 Å². The highest BCUT2D eigenvalue weighted by atomic mass is 16.5. The van der Waals surface area contributed by atoms with E-state index in [1.54, 1.807) is 48.6 Å². The molecule has 1 unspecified atom stereocenters. The lowest BCUT2D eigenvalue weighted by molar-refractivity contribution is 0.0523. The standard InChI is InChI=1S/C16H18N4O3/c1-19-9-4-6-13(15(19)21)16(22)20-10-3-5-12(11-20)23-14-7-2-8-17-18-14/h2,4,6-9,12H,3,5,10-11H2,1H3. The lowest BCUT2D eigenvalue weighted by atomic mass is 10.1. The summed E-state index contributed by atoms with van der Waals surface area (Å²) in [5, 5.41) is 7.67. The van der Waals surface area contributed by atoms with E-state index in [4.69, 9.17) is 4.74 Å². The largest absolute Gasteiger partial charge is 0.471 e. The van der Waals surface area contributed by atoms with Crippen LogP contribution in [0.5, 0.6) is 5.88 Å². The average molecular weight is 314 g/mol. The van der Waals surface area contributed by atoms with E-state index in [0.717, 1.165) is 12.8 Å². The van der Waals surface area contributed by atoms with E-state index in [0.29, 0.717) is 19.0 Å². The normalized spacial score (nSPS) is 17.8. The molecule has 7 heteroatoms. The molecule has 2 aromatic rings. The van der Waals surface area contributed by atoms with Crippen molar-refractivity contribution in [2.45, 2.75) is 18.9 Å². The van der Waals surface area contributed by atoms with Gasteiger partial charge in [0.25, 0.3) is 11.5 Å². The van der Waals surface area contributed by atoms with Crippen LogP contribution in [0.4, 0.5) is 0 Å². The summed E-state index contributed by atoms with van der Waals surface area (Å²) in [6.45, 7) is 1.06. The molecule has 1 atom stereocenters. The maximum atomic E-state index is 12.6. The van der Waals surface area contributed by atoms with Gasteiger partial charge in [0, 0.05) is 32.1 Å². The molecule has 3 heterocycles. The number of carbonyl (C=O) groups excluding carboxylic acids is 1. The Kier molecular flexibility index (Phi) is 4.36. The molecule has 0 saturated carbocycles. The number of amides is 1. The first-order chi connectivity index (χ1) is 11.1. The Morgan fingerprint density at radius 2 is 2.22 bits per heavy atom. The third-order valence-electron chi connectivity index (χ3n) is 3.85. The summed E-state index contributed by atoms with van der Waals surface area (Å²) in [6, 6.07) is 6.76. The Morgan fingerprint density at radius 1 is 1.35 bits per heavy atom. The third kappa shape index (κ3) is 3.39. The molecule has 0 bridgehead atoms. The highest BCUT2D eigenvalue weighted by Crippen LogP contribution is 2.17. The monoisotopic (exact) mass is 314 g/mol. The molecule has 2 aromatic heterocycles. The van der Waals surface area contributed by atoms with E-state index >= 15 is 0 Å². The second-order valence-corrected chi connectivity index (χ2v) is 5.53. The maximum Gasteiger partial charge on any atom is 0.263 e. The van der Waals surface area contributed by atoms with E-state index in [1.165, 1.54) is 4.57 Å². The number of aryl methyl sites for hydroxylation is 1. The summed E-state index contributed by atoms with van der Waals surface area (Å²) in [6.07, 6.45) is 4.73. The minimum absolute atomic E-state index is 0.142. The van der Waals surface area contributed by atoms with Gasteiger partial charge in [-0.25, -0.2) is 0 Å². The molecular weight excluding hydrogens is 296 g/mol. The topological polar surface area (TPSA) is 77.3 Å². The lowest BCUT2D eigenvalue weighted by Gasteiger charge is -2.32. The van der Waals surface area contributed by atoms with Gasteiger partial charge in [-0.15, -0.1) is 5.10 Å². The summed E-state index contributed by atoms with van der Waals surface area (Å²) >= 11 is 0. The molecule has 120 valence electrons. The number of rotatable bonds is 3. The average Bonchev–Trinajstić information content (AvgIpc) is 2.58. The summed E-state index contributed by atoms with van der Waals surface area (Å²) in [5.41, 5.74) is -0.0929. The number of likely N-dealkylation sites (tertiary alicyclic amines) is 1. The first kappa shape index (κ1) is 15.2. The van der Waals surface area contributed by atoms with Crippen LogP contribution in [-0.2, 0) is 7.05 Å². The van der Waals surface area contributed by atoms with E-state index in [9.17, 15) is 9.59 Å². The van der Waals surface area contributed by atoms with Crippen molar-refractivity contribution >= 4 is 5.91 Å². The summed E-state index contributed by atoms with van der Waals surface area (Å²) in [5.74, 6) is 0.195. The van der Waals surface area contributed by atoms with E-state index in [-0.39, 0.29) is 23.1 Å². The van der Waals surface area contributed by atoms with Crippen LogP contribution in [0, 0.1) is 0 Å². The predicted octanol–water partition coefficient (Wildman–Crippen LogP) is 0.859. The van der Waals surface area contributed by atoms with E-state index in [2.05, 4.69) is 10.2 Å². The number of hydrogen-bond donors (Lipinski definition) is 0. The van der Waals surface area contributed by atoms with Crippen LogP contribution in [0.2, 0.25) is 0 Å². The number of aromatic nitrogens is 3. The van der Waals surface area contributed by atoms with Gasteiger partial charge in [-0.1, -0.05) is 0 Å². The third-order valence-corrected chi connectivity index (χ3v) is 3.85. The van der Waals surface area contributed by atoms with Crippen molar-refractivity contribution in [1.82, 2.24) is 19.7 Å². The van der Waals surface area contributed by atoms with Gasteiger partial charge in [-0.2, -0.15) is 5.10 Å². The van der Waals surface area contributed by atoms with Crippen molar-refractivity contribution in [3.8, 4) is 5.88 Å². The van der Waals surface area contributed by atoms with Crippen LogP contribution in [0.25, 0.3) is 0 Å². The zero-order chi connectivity index (χ0) is 16.2. The van der Waals surface area contributed by atoms with Gasteiger partial charge in [-0.3, -0.25) is 9.59 Å². The van der Waals surface area contributed by atoms with Gasteiger partial charge in [0.05, 0.1) is 6.54 Å². The quantitative estimate of drug-likeness (QED) is 0.840. The fraction of sp³-hybridized carbons (Fsp3) is 0.375. The molecule has 1 fully saturated rings. The van der Waals surface area contributed by atoms with Crippen LogP contribution < -0.4 is 10.3 Å². The van der Waals surface area contributed by atoms with Crippen LogP contribution in [0.3, 0.4) is 0 Å². The Hall–Kier alpha value is -2.70. The molecule has 1 aliphatic heterocycles. The van der Waals surface area contributed by atoms with Crippen molar-refractivity contribution in [2.24, 2.45) is 7.05 Å². The van der Waals surface area contributed by atoms with Gasteiger partial charge in [0.15, 0.2) is 0 Å². The summed E-state index contributed by atoms with van der Waals surface area (Å²) in [7, 11) is 1.63. The van der Waals surface area contributed by atoms with Crippen LogP contribution in [-0.4, -0.2) is 44.8 Å². The second kappa shape index (κ2) is 6.60. The predicted molar refractivity (Wildman–Crippen MR) is 83.3 cm³/mol. The van der Waals surface area contributed by atoms with Crippen LogP contribution >= 0.6 is 0 Å². The van der Waals surface area contributed by atoms with Gasteiger partial charge in [0.2, 0.25) is 5.88 Å². The van der Waals surface area contributed by atoms with Gasteiger partial charge < -0.3 is 14.2 Å².